The fraction of sp³-hybridized carbons (Fsp3) is 0.350. The predicted molar refractivity (Wildman–Crippen MR) is 102 cm³/mol. The fourth-order valence-corrected chi connectivity index (χ4v) is 6.73. The van der Waals surface area contributed by atoms with Crippen molar-refractivity contribution in [3.63, 3.8) is 0 Å². The largest absolute Gasteiger partial charge is 0.488 e. The highest BCUT2D eigenvalue weighted by Gasteiger charge is 2.59. The lowest BCUT2D eigenvalue weighted by atomic mass is 9.79. The Hall–Kier alpha value is -2.21. The number of hydrogen-bond donors (Lipinski definition) is 1. The normalized spacial score (nSPS) is 26.0. The zero-order chi connectivity index (χ0) is 20.8. The Balaban J connectivity index is 1.96. The molecule has 0 radical (unpaired) electrons. The van der Waals surface area contributed by atoms with Gasteiger partial charge in [-0.1, -0.05) is 11.6 Å². The molecule has 0 amide bonds. The van der Waals surface area contributed by atoms with Crippen LogP contribution in [0.15, 0.2) is 41.3 Å². The molecular formula is C20H17ClF2N2O3S. The molecule has 2 aromatic rings. The highest BCUT2D eigenvalue weighted by Crippen LogP contribution is 2.52. The van der Waals surface area contributed by atoms with E-state index in [2.05, 4.69) is 11.4 Å². The van der Waals surface area contributed by atoms with Gasteiger partial charge in [0.2, 0.25) is 0 Å². The van der Waals surface area contributed by atoms with Crippen LogP contribution >= 0.6 is 11.6 Å². The lowest BCUT2D eigenvalue weighted by molar-refractivity contribution is 0.137. The van der Waals surface area contributed by atoms with E-state index in [0.717, 1.165) is 12.1 Å². The third kappa shape index (κ3) is 3.00. The molecule has 2 aliphatic heterocycles. The van der Waals surface area contributed by atoms with Crippen LogP contribution in [0.4, 0.5) is 8.78 Å². The molecule has 1 fully saturated rings. The maximum absolute atomic E-state index is 15.0. The van der Waals surface area contributed by atoms with E-state index in [-0.39, 0.29) is 41.7 Å². The van der Waals surface area contributed by atoms with Crippen molar-refractivity contribution in [3.8, 4) is 11.8 Å². The van der Waals surface area contributed by atoms with E-state index in [0.29, 0.717) is 11.4 Å². The Bertz CT molecular complexity index is 1100. The SMILES string of the molecule is N#CC[C@@H]1CC[C@@]2(S(=O)(=O)c3ccc(Cl)cc3)c3c(F)ccc(F)c3OC[C@H]2N1. The second kappa shape index (κ2) is 7.24. The van der Waals surface area contributed by atoms with E-state index < -0.39 is 32.3 Å². The number of fused-ring (bicyclic) bond motifs is 3. The van der Waals surface area contributed by atoms with Gasteiger partial charge >= 0.3 is 0 Å². The smallest absolute Gasteiger partial charge is 0.190 e. The van der Waals surface area contributed by atoms with Crippen molar-refractivity contribution in [3.05, 3.63) is 58.6 Å². The Morgan fingerprint density at radius 1 is 1.21 bits per heavy atom. The summed E-state index contributed by atoms with van der Waals surface area (Å²) >= 11 is 5.90. The first-order valence-electron chi connectivity index (χ1n) is 9.05. The minimum absolute atomic E-state index is 0.0265. The molecule has 9 heteroatoms. The van der Waals surface area contributed by atoms with Gasteiger partial charge in [-0.25, -0.2) is 17.2 Å². The maximum Gasteiger partial charge on any atom is 0.190 e. The highest BCUT2D eigenvalue weighted by molar-refractivity contribution is 7.92. The van der Waals surface area contributed by atoms with Gasteiger partial charge in [-0.3, -0.25) is 0 Å². The number of hydrogen-bond acceptors (Lipinski definition) is 5. The topological polar surface area (TPSA) is 79.2 Å². The second-order valence-corrected chi connectivity index (χ2v) is 9.85. The average Bonchev–Trinajstić information content (AvgIpc) is 2.70. The number of nitrogens with zero attached hydrogens (tertiary/aromatic N) is 1. The third-order valence-electron chi connectivity index (χ3n) is 5.68. The lowest BCUT2D eigenvalue weighted by Crippen LogP contribution is -2.64. The van der Waals surface area contributed by atoms with Crippen LogP contribution in [-0.4, -0.2) is 27.1 Å². The van der Waals surface area contributed by atoms with Crippen LogP contribution in [0.3, 0.4) is 0 Å². The van der Waals surface area contributed by atoms with E-state index in [1.54, 1.807) is 0 Å². The van der Waals surface area contributed by atoms with E-state index in [4.69, 9.17) is 21.6 Å². The Morgan fingerprint density at radius 2 is 1.90 bits per heavy atom. The molecule has 3 atom stereocenters. The molecule has 5 nitrogen and oxygen atoms in total. The zero-order valence-corrected chi connectivity index (χ0v) is 16.7. The van der Waals surface area contributed by atoms with Crippen LogP contribution in [-0.2, 0) is 14.6 Å². The van der Waals surface area contributed by atoms with Crippen LogP contribution in [0.5, 0.6) is 5.75 Å². The number of nitrogens with one attached hydrogen (secondary N) is 1. The predicted octanol–water partition coefficient (Wildman–Crippen LogP) is 3.71. The molecule has 0 aliphatic carbocycles. The van der Waals surface area contributed by atoms with Crippen LogP contribution in [0.25, 0.3) is 0 Å². The molecule has 0 spiro atoms. The Kier molecular flexibility index (Phi) is 5.01. The standard InChI is InChI=1S/C20H17ClF2N2O3S/c21-12-1-3-14(4-2-12)29(26,27)20-9-7-13(8-10-24)25-17(20)11-28-19-16(23)6-5-15(22)18(19)20/h1-6,13,17,25H,7-9,11H2/t13-,17+,20-/m0/s1. The summed E-state index contributed by atoms with van der Waals surface area (Å²) in [5, 5.41) is 12.5. The first-order valence-corrected chi connectivity index (χ1v) is 10.9. The number of ether oxygens (including phenoxy) is 1. The molecule has 2 aromatic carbocycles. The molecule has 0 unspecified atom stereocenters. The summed E-state index contributed by atoms with van der Waals surface area (Å²) in [5.41, 5.74) is -0.299. The van der Waals surface area contributed by atoms with Gasteiger partial charge in [0.15, 0.2) is 21.4 Å². The number of rotatable bonds is 3. The first-order chi connectivity index (χ1) is 13.8. The minimum atomic E-state index is -4.18. The highest BCUT2D eigenvalue weighted by atomic mass is 35.5. The molecule has 2 heterocycles. The van der Waals surface area contributed by atoms with Gasteiger partial charge in [0.05, 0.1) is 29.0 Å². The number of benzene rings is 2. The summed E-state index contributed by atoms with van der Waals surface area (Å²) in [7, 11) is -4.18. The summed E-state index contributed by atoms with van der Waals surface area (Å²) in [6.45, 7) is -0.165. The maximum atomic E-state index is 15.0. The van der Waals surface area contributed by atoms with Crippen molar-refractivity contribution < 1.29 is 21.9 Å². The van der Waals surface area contributed by atoms with Gasteiger partial charge in [-0.05, 0) is 49.2 Å². The molecule has 152 valence electrons. The van der Waals surface area contributed by atoms with Gasteiger partial charge < -0.3 is 10.1 Å². The van der Waals surface area contributed by atoms with Gasteiger partial charge in [-0.2, -0.15) is 5.26 Å². The van der Waals surface area contributed by atoms with E-state index >= 15 is 4.39 Å². The second-order valence-electron chi connectivity index (χ2n) is 7.21. The monoisotopic (exact) mass is 438 g/mol. The summed E-state index contributed by atoms with van der Waals surface area (Å²) < 4.78 is 60.9. The van der Waals surface area contributed by atoms with Crippen LogP contribution in [0, 0.1) is 23.0 Å². The number of piperidine rings is 1. The molecule has 0 saturated carbocycles. The van der Waals surface area contributed by atoms with Crippen molar-refractivity contribution >= 4 is 21.4 Å². The third-order valence-corrected chi connectivity index (χ3v) is 8.48. The van der Waals surface area contributed by atoms with Gasteiger partial charge in [0, 0.05) is 11.1 Å². The quantitative estimate of drug-likeness (QED) is 0.790. The fourth-order valence-electron chi connectivity index (χ4n) is 4.33. The molecule has 0 aromatic heterocycles. The zero-order valence-electron chi connectivity index (χ0n) is 15.2. The summed E-state index contributed by atoms with van der Waals surface area (Å²) in [5.74, 6) is -2.03. The Morgan fingerprint density at radius 3 is 2.59 bits per heavy atom. The Labute approximate surface area is 172 Å². The minimum Gasteiger partial charge on any atom is -0.488 e. The lowest BCUT2D eigenvalue weighted by Gasteiger charge is -2.49. The number of nitriles is 1. The molecule has 2 aliphatic rings. The number of halogens is 3. The first kappa shape index (κ1) is 20.1. The molecule has 29 heavy (non-hydrogen) atoms. The van der Waals surface area contributed by atoms with Gasteiger partial charge in [0.25, 0.3) is 0 Å². The average molecular weight is 439 g/mol. The van der Waals surface area contributed by atoms with Crippen molar-refractivity contribution in [2.24, 2.45) is 0 Å². The summed E-state index contributed by atoms with van der Waals surface area (Å²) in [6.07, 6.45) is 0.511. The molecule has 0 bridgehead atoms. The number of sulfone groups is 1. The van der Waals surface area contributed by atoms with Crippen molar-refractivity contribution in [2.75, 3.05) is 6.61 Å². The molecular weight excluding hydrogens is 422 g/mol. The van der Waals surface area contributed by atoms with E-state index in [1.807, 2.05) is 0 Å². The van der Waals surface area contributed by atoms with Crippen molar-refractivity contribution in [1.82, 2.24) is 5.32 Å². The van der Waals surface area contributed by atoms with Gasteiger partial charge in [-0.15, -0.1) is 0 Å². The summed E-state index contributed by atoms with van der Waals surface area (Å²) in [6, 6.07) is 8.39. The van der Waals surface area contributed by atoms with Gasteiger partial charge in [0.1, 0.15) is 17.2 Å². The van der Waals surface area contributed by atoms with E-state index in [9.17, 15) is 12.8 Å². The molecule has 1 saturated heterocycles. The molecule has 4 rings (SSSR count). The van der Waals surface area contributed by atoms with Crippen LogP contribution in [0.1, 0.15) is 24.8 Å². The van der Waals surface area contributed by atoms with Crippen LogP contribution in [0.2, 0.25) is 5.02 Å². The van der Waals surface area contributed by atoms with E-state index in [1.165, 1.54) is 24.3 Å². The summed E-state index contributed by atoms with van der Waals surface area (Å²) in [4.78, 5) is -0.0380. The van der Waals surface area contributed by atoms with Crippen molar-refractivity contribution in [1.29, 1.82) is 5.26 Å². The van der Waals surface area contributed by atoms with Crippen LogP contribution < -0.4 is 10.1 Å². The van der Waals surface area contributed by atoms with Crippen molar-refractivity contribution in [2.45, 2.75) is 41.0 Å². The molecule has 1 N–H and O–H groups in total.